The molecule has 4 aromatic rings. The zero-order valence-corrected chi connectivity index (χ0v) is 13.5. The SMILES string of the molecule is COc1ccc2c(c1)c1ncnc(Cl)c1n2C(=O)c1ccccc1. The van der Waals surface area contributed by atoms with E-state index in [4.69, 9.17) is 16.3 Å². The van der Waals surface area contributed by atoms with Crippen molar-refractivity contribution in [2.75, 3.05) is 7.11 Å². The number of halogens is 1. The third-order valence-corrected chi connectivity index (χ3v) is 4.20. The fraction of sp³-hybridized carbons (Fsp3) is 0.0556. The standard InChI is InChI=1S/C18H12ClN3O2/c1-24-12-7-8-14-13(9-12)15-16(17(19)21-10-20-15)22(14)18(23)11-5-3-2-4-6-11/h2-10H,1H3. The topological polar surface area (TPSA) is 57.0 Å². The van der Waals surface area contributed by atoms with Crippen LogP contribution >= 0.6 is 11.6 Å². The van der Waals surface area contributed by atoms with Gasteiger partial charge in [0, 0.05) is 10.9 Å². The number of hydrogen-bond donors (Lipinski definition) is 0. The van der Waals surface area contributed by atoms with E-state index < -0.39 is 0 Å². The van der Waals surface area contributed by atoms with Crippen molar-refractivity contribution in [1.29, 1.82) is 0 Å². The maximum absolute atomic E-state index is 13.1. The minimum Gasteiger partial charge on any atom is -0.497 e. The smallest absolute Gasteiger partial charge is 0.263 e. The summed E-state index contributed by atoms with van der Waals surface area (Å²) in [5.41, 5.74) is 2.39. The lowest BCUT2D eigenvalue weighted by atomic mass is 10.2. The number of hydrogen-bond acceptors (Lipinski definition) is 4. The molecule has 0 aliphatic heterocycles. The molecule has 0 unspecified atom stereocenters. The van der Waals surface area contributed by atoms with Gasteiger partial charge >= 0.3 is 0 Å². The summed E-state index contributed by atoms with van der Waals surface area (Å²) < 4.78 is 6.84. The minimum atomic E-state index is -0.183. The van der Waals surface area contributed by atoms with Crippen molar-refractivity contribution in [3.8, 4) is 5.75 Å². The van der Waals surface area contributed by atoms with E-state index in [1.807, 2.05) is 30.3 Å². The van der Waals surface area contributed by atoms with Crippen LogP contribution in [0.5, 0.6) is 5.75 Å². The van der Waals surface area contributed by atoms with Crippen LogP contribution in [0.4, 0.5) is 0 Å². The van der Waals surface area contributed by atoms with Crippen LogP contribution < -0.4 is 4.74 Å². The van der Waals surface area contributed by atoms with Gasteiger partial charge in [0.15, 0.2) is 5.15 Å². The number of carbonyl (C=O) groups is 1. The van der Waals surface area contributed by atoms with E-state index in [2.05, 4.69) is 9.97 Å². The number of rotatable bonds is 2. The zero-order valence-electron chi connectivity index (χ0n) is 12.7. The van der Waals surface area contributed by atoms with Crippen molar-refractivity contribution in [2.24, 2.45) is 0 Å². The number of nitrogens with zero attached hydrogens (tertiary/aromatic N) is 3. The lowest BCUT2D eigenvalue weighted by Crippen LogP contribution is -2.12. The Morgan fingerprint density at radius 1 is 1.12 bits per heavy atom. The van der Waals surface area contributed by atoms with Gasteiger partial charge in [-0.15, -0.1) is 0 Å². The van der Waals surface area contributed by atoms with Crippen LogP contribution in [0.2, 0.25) is 5.15 Å². The average Bonchev–Trinajstić information content (AvgIpc) is 2.97. The van der Waals surface area contributed by atoms with Gasteiger partial charge in [-0.25, -0.2) is 9.97 Å². The van der Waals surface area contributed by atoms with Gasteiger partial charge in [-0.2, -0.15) is 0 Å². The van der Waals surface area contributed by atoms with E-state index in [1.165, 1.54) is 6.33 Å². The molecule has 118 valence electrons. The van der Waals surface area contributed by atoms with Crippen LogP contribution in [-0.2, 0) is 0 Å². The van der Waals surface area contributed by atoms with Crippen molar-refractivity contribution >= 4 is 39.4 Å². The molecule has 0 aliphatic carbocycles. The van der Waals surface area contributed by atoms with Gasteiger partial charge < -0.3 is 4.74 Å². The van der Waals surface area contributed by atoms with Crippen molar-refractivity contribution in [2.45, 2.75) is 0 Å². The second-order valence-electron chi connectivity index (χ2n) is 5.25. The summed E-state index contributed by atoms with van der Waals surface area (Å²) in [6.07, 6.45) is 1.39. The van der Waals surface area contributed by atoms with Gasteiger partial charge in [-0.1, -0.05) is 29.8 Å². The van der Waals surface area contributed by atoms with Crippen LogP contribution in [0.3, 0.4) is 0 Å². The number of ether oxygens (including phenoxy) is 1. The number of aromatic nitrogens is 3. The largest absolute Gasteiger partial charge is 0.497 e. The quantitative estimate of drug-likeness (QED) is 0.520. The summed E-state index contributed by atoms with van der Waals surface area (Å²) in [4.78, 5) is 21.4. The highest BCUT2D eigenvalue weighted by molar-refractivity contribution is 6.35. The molecule has 24 heavy (non-hydrogen) atoms. The van der Waals surface area contributed by atoms with Gasteiger partial charge in [-0.05, 0) is 30.3 Å². The third kappa shape index (κ3) is 2.13. The Bertz CT molecular complexity index is 1070. The molecule has 6 heteroatoms. The highest BCUT2D eigenvalue weighted by Crippen LogP contribution is 2.33. The summed E-state index contributed by atoms with van der Waals surface area (Å²) >= 11 is 6.28. The summed E-state index contributed by atoms with van der Waals surface area (Å²) in [6.45, 7) is 0. The number of carbonyl (C=O) groups excluding carboxylic acids is 1. The molecular formula is C18H12ClN3O2. The van der Waals surface area contributed by atoms with Gasteiger partial charge in [0.2, 0.25) is 0 Å². The molecule has 0 radical (unpaired) electrons. The van der Waals surface area contributed by atoms with Crippen molar-refractivity contribution < 1.29 is 9.53 Å². The fourth-order valence-electron chi connectivity index (χ4n) is 2.82. The third-order valence-electron chi connectivity index (χ3n) is 3.92. The highest BCUT2D eigenvalue weighted by atomic mass is 35.5. The minimum absolute atomic E-state index is 0.183. The molecule has 0 spiro atoms. The van der Waals surface area contributed by atoms with Gasteiger partial charge in [0.1, 0.15) is 23.1 Å². The fourth-order valence-corrected chi connectivity index (χ4v) is 3.04. The van der Waals surface area contributed by atoms with Crippen molar-refractivity contribution in [3.05, 3.63) is 65.6 Å². The van der Waals surface area contributed by atoms with Crippen LogP contribution in [-0.4, -0.2) is 27.6 Å². The van der Waals surface area contributed by atoms with E-state index in [1.54, 1.807) is 29.9 Å². The van der Waals surface area contributed by atoms with E-state index in [9.17, 15) is 4.79 Å². The van der Waals surface area contributed by atoms with Crippen LogP contribution in [0.1, 0.15) is 10.4 Å². The highest BCUT2D eigenvalue weighted by Gasteiger charge is 2.21. The van der Waals surface area contributed by atoms with Crippen LogP contribution in [0, 0.1) is 0 Å². The Morgan fingerprint density at radius 3 is 2.67 bits per heavy atom. The Hall–Kier alpha value is -2.92. The number of methoxy groups -OCH3 is 1. The first-order valence-corrected chi connectivity index (χ1v) is 7.67. The summed E-state index contributed by atoms with van der Waals surface area (Å²) in [6, 6.07) is 14.5. The van der Waals surface area contributed by atoms with E-state index >= 15 is 0 Å². The molecule has 0 amide bonds. The predicted octanol–water partition coefficient (Wildman–Crippen LogP) is 3.94. The molecule has 2 aromatic carbocycles. The molecule has 2 aromatic heterocycles. The first-order valence-electron chi connectivity index (χ1n) is 7.29. The molecule has 0 saturated heterocycles. The molecule has 2 heterocycles. The first-order chi connectivity index (χ1) is 11.7. The second-order valence-corrected chi connectivity index (χ2v) is 5.61. The Balaban J connectivity index is 2.11. The second kappa shape index (κ2) is 5.62. The predicted molar refractivity (Wildman–Crippen MR) is 92.8 cm³/mol. The summed E-state index contributed by atoms with van der Waals surface area (Å²) in [7, 11) is 1.59. The summed E-state index contributed by atoms with van der Waals surface area (Å²) in [5.74, 6) is 0.501. The molecule has 5 nitrogen and oxygen atoms in total. The Labute approximate surface area is 142 Å². The molecule has 0 saturated carbocycles. The van der Waals surface area contributed by atoms with Gasteiger partial charge in [-0.3, -0.25) is 9.36 Å². The maximum Gasteiger partial charge on any atom is 0.263 e. The van der Waals surface area contributed by atoms with Crippen molar-refractivity contribution in [3.63, 3.8) is 0 Å². The van der Waals surface area contributed by atoms with Crippen molar-refractivity contribution in [1.82, 2.24) is 14.5 Å². The average molecular weight is 338 g/mol. The monoisotopic (exact) mass is 337 g/mol. The first kappa shape index (κ1) is 14.7. The number of benzene rings is 2. The molecule has 4 rings (SSSR count). The maximum atomic E-state index is 13.1. The normalized spacial score (nSPS) is 11.1. The van der Waals surface area contributed by atoms with Gasteiger partial charge in [0.25, 0.3) is 5.91 Å². The van der Waals surface area contributed by atoms with Crippen LogP contribution in [0.25, 0.3) is 21.9 Å². The lowest BCUT2D eigenvalue weighted by molar-refractivity contribution is 0.0969. The molecule has 0 fully saturated rings. The molecule has 0 aliphatic rings. The van der Waals surface area contributed by atoms with Crippen LogP contribution in [0.15, 0.2) is 54.9 Å². The molecular weight excluding hydrogens is 326 g/mol. The Kier molecular flexibility index (Phi) is 3.43. The van der Waals surface area contributed by atoms with E-state index in [0.29, 0.717) is 27.9 Å². The van der Waals surface area contributed by atoms with E-state index in [0.717, 1.165) is 5.39 Å². The van der Waals surface area contributed by atoms with E-state index in [-0.39, 0.29) is 11.1 Å². The molecule has 0 N–H and O–H groups in total. The summed E-state index contributed by atoms with van der Waals surface area (Å²) in [5, 5.41) is 1.03. The van der Waals surface area contributed by atoms with Gasteiger partial charge in [0.05, 0.1) is 12.6 Å². The Morgan fingerprint density at radius 2 is 1.92 bits per heavy atom. The lowest BCUT2D eigenvalue weighted by Gasteiger charge is -2.07. The number of fused-ring (bicyclic) bond motifs is 3. The molecule has 0 bridgehead atoms. The molecule has 0 atom stereocenters. The zero-order chi connectivity index (χ0) is 16.7.